The average Bonchev–Trinajstić information content (AvgIpc) is 3.51. The van der Waals surface area contributed by atoms with Gasteiger partial charge in [0.05, 0.1) is 10.9 Å². The number of benzene rings is 4. The molecule has 0 aliphatic carbocycles. The van der Waals surface area contributed by atoms with E-state index in [1.165, 1.54) is 36.4 Å². The van der Waals surface area contributed by atoms with Gasteiger partial charge in [-0.25, -0.2) is 4.99 Å². The Morgan fingerprint density at radius 2 is 1.32 bits per heavy atom. The van der Waals surface area contributed by atoms with Gasteiger partial charge in [-0.2, -0.15) is 0 Å². The predicted molar refractivity (Wildman–Crippen MR) is 147 cm³/mol. The molecule has 0 bridgehead atoms. The molecule has 0 spiro atoms. The van der Waals surface area contributed by atoms with Gasteiger partial charge in [-0.1, -0.05) is 109 Å². The fourth-order valence-corrected chi connectivity index (χ4v) is 8.52. The van der Waals surface area contributed by atoms with Gasteiger partial charge in [0.1, 0.15) is 6.61 Å². The average molecular weight is 478 g/mol. The molecular formula is C30H24NOPS. The van der Waals surface area contributed by atoms with E-state index >= 15 is 0 Å². The van der Waals surface area contributed by atoms with Crippen molar-refractivity contribution in [3.05, 3.63) is 126 Å². The highest BCUT2D eigenvalue weighted by atomic mass is 32.1. The second-order valence-electron chi connectivity index (χ2n) is 8.37. The van der Waals surface area contributed by atoms with Gasteiger partial charge in [0.15, 0.2) is 0 Å². The van der Waals surface area contributed by atoms with E-state index in [0.717, 1.165) is 12.3 Å². The summed E-state index contributed by atoms with van der Waals surface area (Å²) in [4.78, 5) is 6.27. The van der Waals surface area contributed by atoms with Crippen LogP contribution in [-0.4, -0.2) is 18.5 Å². The van der Waals surface area contributed by atoms with E-state index in [2.05, 4.69) is 115 Å². The molecule has 166 valence electrons. The van der Waals surface area contributed by atoms with Crippen molar-refractivity contribution in [3.63, 3.8) is 0 Å². The number of hydrogen-bond acceptors (Lipinski definition) is 3. The van der Waals surface area contributed by atoms with Crippen LogP contribution in [0.3, 0.4) is 0 Å². The van der Waals surface area contributed by atoms with Crippen molar-refractivity contribution >= 4 is 51.2 Å². The molecule has 0 N–H and O–H groups in total. The molecule has 1 unspecified atom stereocenters. The SMILES string of the molecule is c1ccc(CC2COC(c3sc4ccccc4c3P(c3ccccc3)c3ccccc3)=N2)cc1. The fraction of sp³-hybridized carbons (Fsp3) is 0.100. The van der Waals surface area contributed by atoms with Gasteiger partial charge in [0.25, 0.3) is 0 Å². The molecule has 0 radical (unpaired) electrons. The molecule has 34 heavy (non-hydrogen) atoms. The monoisotopic (exact) mass is 477 g/mol. The van der Waals surface area contributed by atoms with Crippen molar-refractivity contribution in [3.8, 4) is 0 Å². The topological polar surface area (TPSA) is 21.6 Å². The maximum absolute atomic E-state index is 6.29. The Labute approximate surface area is 205 Å². The molecular weight excluding hydrogens is 453 g/mol. The van der Waals surface area contributed by atoms with Crippen molar-refractivity contribution in [1.29, 1.82) is 0 Å². The van der Waals surface area contributed by atoms with Crippen LogP contribution in [-0.2, 0) is 11.2 Å². The maximum Gasteiger partial charge on any atom is 0.227 e. The smallest absolute Gasteiger partial charge is 0.227 e. The van der Waals surface area contributed by atoms with Gasteiger partial charge < -0.3 is 4.74 Å². The second kappa shape index (κ2) is 9.54. The fourth-order valence-electron chi connectivity index (χ4n) is 4.49. The maximum atomic E-state index is 6.29. The second-order valence-corrected chi connectivity index (χ2v) is 11.6. The summed E-state index contributed by atoms with van der Waals surface area (Å²) in [7, 11) is -0.758. The molecule has 4 aromatic carbocycles. The highest BCUT2D eigenvalue weighted by molar-refractivity contribution is 7.80. The van der Waals surface area contributed by atoms with Crippen molar-refractivity contribution in [2.24, 2.45) is 4.99 Å². The lowest BCUT2D eigenvalue weighted by Crippen LogP contribution is -2.24. The Hall–Kier alpha value is -3.26. The van der Waals surface area contributed by atoms with E-state index in [9.17, 15) is 0 Å². The number of fused-ring (bicyclic) bond motifs is 1. The first-order chi connectivity index (χ1) is 16.9. The highest BCUT2D eigenvalue weighted by Crippen LogP contribution is 2.41. The zero-order chi connectivity index (χ0) is 22.7. The number of hydrogen-bond donors (Lipinski definition) is 0. The largest absolute Gasteiger partial charge is 0.475 e. The van der Waals surface area contributed by atoms with E-state index < -0.39 is 7.92 Å². The Kier molecular flexibility index (Phi) is 5.97. The lowest BCUT2D eigenvalue weighted by atomic mass is 10.1. The third-order valence-electron chi connectivity index (χ3n) is 6.04. The van der Waals surface area contributed by atoms with Gasteiger partial charge in [0, 0.05) is 15.4 Å². The number of thiophene rings is 1. The Balaban J connectivity index is 1.49. The van der Waals surface area contributed by atoms with Crippen LogP contribution in [0.1, 0.15) is 10.4 Å². The molecule has 1 aliphatic rings. The van der Waals surface area contributed by atoms with E-state index in [1.54, 1.807) is 0 Å². The lowest BCUT2D eigenvalue weighted by molar-refractivity contribution is 0.317. The van der Waals surface area contributed by atoms with Crippen molar-refractivity contribution in [2.75, 3.05) is 6.61 Å². The van der Waals surface area contributed by atoms with Crippen molar-refractivity contribution in [2.45, 2.75) is 12.5 Å². The highest BCUT2D eigenvalue weighted by Gasteiger charge is 2.30. The van der Waals surface area contributed by atoms with Crippen LogP contribution in [0.2, 0.25) is 0 Å². The van der Waals surface area contributed by atoms with Crippen LogP contribution in [0.5, 0.6) is 0 Å². The predicted octanol–water partition coefficient (Wildman–Crippen LogP) is 6.05. The molecule has 2 heterocycles. The molecule has 6 rings (SSSR count). The van der Waals surface area contributed by atoms with Crippen molar-refractivity contribution in [1.82, 2.24) is 0 Å². The molecule has 0 amide bonds. The third kappa shape index (κ3) is 4.18. The van der Waals surface area contributed by atoms with Crippen LogP contribution in [0, 0.1) is 0 Å². The molecule has 0 saturated carbocycles. The zero-order valence-corrected chi connectivity index (χ0v) is 20.4. The summed E-state index contributed by atoms with van der Waals surface area (Å²) in [5, 5.41) is 5.34. The summed E-state index contributed by atoms with van der Waals surface area (Å²) in [6.45, 7) is 0.631. The Morgan fingerprint density at radius 1 is 0.735 bits per heavy atom. The first-order valence-electron chi connectivity index (χ1n) is 11.5. The van der Waals surface area contributed by atoms with Gasteiger partial charge in [0.2, 0.25) is 5.90 Å². The normalized spacial score (nSPS) is 15.4. The molecule has 0 fully saturated rings. The first-order valence-corrected chi connectivity index (χ1v) is 13.7. The van der Waals surface area contributed by atoms with Gasteiger partial charge >= 0.3 is 0 Å². The summed E-state index contributed by atoms with van der Waals surface area (Å²) < 4.78 is 7.57. The summed E-state index contributed by atoms with van der Waals surface area (Å²) in [5.41, 5.74) is 1.30. The summed E-state index contributed by atoms with van der Waals surface area (Å²) in [6.07, 6.45) is 0.900. The molecule has 4 heteroatoms. The minimum absolute atomic E-state index is 0.148. The number of ether oxygens (including phenoxy) is 1. The van der Waals surface area contributed by atoms with E-state index in [4.69, 9.17) is 9.73 Å². The van der Waals surface area contributed by atoms with Crippen LogP contribution >= 0.6 is 19.3 Å². The zero-order valence-electron chi connectivity index (χ0n) is 18.7. The van der Waals surface area contributed by atoms with Gasteiger partial charge in [-0.05, 0) is 36.6 Å². The Morgan fingerprint density at radius 3 is 2.00 bits per heavy atom. The summed E-state index contributed by atoms with van der Waals surface area (Å²) >= 11 is 1.81. The summed E-state index contributed by atoms with van der Waals surface area (Å²) in [5.74, 6) is 0.802. The van der Waals surface area contributed by atoms with Crippen LogP contribution in [0.15, 0.2) is 120 Å². The molecule has 1 aliphatic heterocycles. The van der Waals surface area contributed by atoms with E-state index in [0.29, 0.717) is 6.61 Å². The quantitative estimate of drug-likeness (QED) is 0.273. The number of nitrogens with zero attached hydrogens (tertiary/aromatic N) is 1. The van der Waals surface area contributed by atoms with Gasteiger partial charge in [-0.3, -0.25) is 0 Å². The van der Waals surface area contributed by atoms with E-state index in [-0.39, 0.29) is 6.04 Å². The number of rotatable bonds is 6. The van der Waals surface area contributed by atoms with Crippen LogP contribution in [0.25, 0.3) is 10.1 Å². The minimum Gasteiger partial charge on any atom is -0.475 e. The standard InChI is InChI=1S/C30H24NOPS/c1-4-12-22(13-5-1)20-23-21-32-30(31-23)29-28(26-18-10-11-19-27(26)34-29)33(24-14-6-2-7-15-24)25-16-8-3-9-17-25/h1-19,23H,20-21H2. The molecule has 5 aromatic rings. The minimum atomic E-state index is -0.758. The van der Waals surface area contributed by atoms with Crippen LogP contribution in [0.4, 0.5) is 0 Å². The van der Waals surface area contributed by atoms with Gasteiger partial charge in [-0.15, -0.1) is 11.3 Å². The Bertz CT molecular complexity index is 1390. The molecule has 0 saturated heterocycles. The van der Waals surface area contributed by atoms with Crippen LogP contribution < -0.4 is 15.9 Å². The number of aliphatic imine (C=N–C) groups is 1. The lowest BCUT2D eigenvalue weighted by Gasteiger charge is -2.20. The first kappa shape index (κ1) is 21.3. The van der Waals surface area contributed by atoms with Crippen molar-refractivity contribution < 1.29 is 4.74 Å². The summed E-state index contributed by atoms with van der Waals surface area (Å²) in [6, 6.07) is 41.2. The third-order valence-corrected chi connectivity index (χ3v) is 9.89. The molecule has 1 atom stereocenters. The molecule has 2 nitrogen and oxygen atoms in total. The van der Waals surface area contributed by atoms with E-state index in [1.807, 2.05) is 11.3 Å². The molecule has 1 aromatic heterocycles.